The first-order valence-electron chi connectivity index (χ1n) is 3.65. The molecular weight excluding hydrogens is 136 g/mol. The van der Waals surface area contributed by atoms with E-state index in [1.807, 2.05) is 13.0 Å². The predicted octanol–water partition coefficient (Wildman–Crippen LogP) is 2.85. The number of fused-ring (bicyclic) bond motifs is 1. The molecule has 1 radical (unpaired) electrons. The monoisotopic (exact) mass is 145 g/mol. The number of benzene rings is 1. The second-order valence-electron chi connectivity index (χ2n) is 2.81. The highest BCUT2D eigenvalue weighted by Gasteiger charge is 2.01. The van der Waals surface area contributed by atoms with Gasteiger partial charge in [-0.15, -0.1) is 0 Å². The highest BCUT2D eigenvalue weighted by Crippen LogP contribution is 2.21. The summed E-state index contributed by atoms with van der Waals surface area (Å²) in [4.78, 5) is 0. The summed E-state index contributed by atoms with van der Waals surface area (Å²) >= 11 is 0. The van der Waals surface area contributed by atoms with Crippen LogP contribution in [-0.2, 0) is 0 Å². The molecule has 0 saturated heterocycles. The van der Waals surface area contributed by atoms with Gasteiger partial charge in [-0.05, 0) is 31.0 Å². The van der Waals surface area contributed by atoms with Crippen molar-refractivity contribution in [2.24, 2.45) is 0 Å². The van der Waals surface area contributed by atoms with Gasteiger partial charge in [0, 0.05) is 5.39 Å². The Kier molecular flexibility index (Phi) is 1.25. The molecule has 1 heterocycles. The van der Waals surface area contributed by atoms with Gasteiger partial charge in [-0.1, -0.05) is 12.1 Å². The molecule has 0 aliphatic heterocycles. The third kappa shape index (κ3) is 0.845. The van der Waals surface area contributed by atoms with E-state index in [-0.39, 0.29) is 0 Å². The molecule has 0 aliphatic carbocycles. The summed E-state index contributed by atoms with van der Waals surface area (Å²) in [5.74, 6) is 0. The van der Waals surface area contributed by atoms with E-state index in [0.29, 0.717) is 0 Å². The summed E-state index contributed by atoms with van der Waals surface area (Å²) in [6.45, 7) is 4.12. The van der Waals surface area contributed by atoms with Crippen LogP contribution in [0.1, 0.15) is 11.1 Å². The maximum Gasteiger partial charge on any atom is 0.170 e. The Morgan fingerprint density at radius 1 is 1.18 bits per heavy atom. The zero-order valence-electron chi connectivity index (χ0n) is 6.64. The zero-order valence-corrected chi connectivity index (χ0v) is 6.64. The van der Waals surface area contributed by atoms with Crippen molar-refractivity contribution >= 4 is 11.0 Å². The van der Waals surface area contributed by atoms with Crippen LogP contribution in [0.4, 0.5) is 0 Å². The van der Waals surface area contributed by atoms with Gasteiger partial charge in [0.1, 0.15) is 5.58 Å². The maximum atomic E-state index is 5.20. The van der Waals surface area contributed by atoms with Crippen molar-refractivity contribution in [2.75, 3.05) is 0 Å². The SMILES string of the molecule is Cc1ccc(C)c2o[c]cc12. The van der Waals surface area contributed by atoms with Crippen LogP contribution in [0, 0.1) is 20.1 Å². The van der Waals surface area contributed by atoms with Crippen LogP contribution in [0.3, 0.4) is 0 Å². The molecule has 1 nitrogen and oxygen atoms in total. The first kappa shape index (κ1) is 6.47. The van der Waals surface area contributed by atoms with E-state index in [2.05, 4.69) is 25.3 Å². The number of rotatable bonds is 0. The minimum Gasteiger partial charge on any atom is -0.452 e. The molecule has 0 saturated carbocycles. The van der Waals surface area contributed by atoms with E-state index >= 15 is 0 Å². The molecule has 0 unspecified atom stereocenters. The van der Waals surface area contributed by atoms with Gasteiger partial charge in [0.25, 0.3) is 0 Å². The molecule has 11 heavy (non-hydrogen) atoms. The summed E-state index contributed by atoms with van der Waals surface area (Å²) in [6.07, 6.45) is 2.74. The fraction of sp³-hybridized carbons (Fsp3) is 0.200. The normalized spacial score (nSPS) is 10.7. The Balaban J connectivity index is 2.96. The van der Waals surface area contributed by atoms with E-state index in [9.17, 15) is 0 Å². The summed E-state index contributed by atoms with van der Waals surface area (Å²) in [6, 6.07) is 6.05. The van der Waals surface area contributed by atoms with Gasteiger partial charge in [-0.2, -0.15) is 0 Å². The van der Waals surface area contributed by atoms with Gasteiger partial charge < -0.3 is 4.42 Å². The Bertz CT molecular complexity index is 349. The maximum absolute atomic E-state index is 5.20. The smallest absolute Gasteiger partial charge is 0.170 e. The second kappa shape index (κ2) is 2.12. The van der Waals surface area contributed by atoms with Crippen LogP contribution in [0.5, 0.6) is 0 Å². The molecule has 1 heteroatoms. The summed E-state index contributed by atoms with van der Waals surface area (Å²) in [5.41, 5.74) is 3.38. The highest BCUT2D eigenvalue weighted by molar-refractivity contribution is 5.83. The summed E-state index contributed by atoms with van der Waals surface area (Å²) < 4.78 is 5.20. The van der Waals surface area contributed by atoms with Crippen molar-refractivity contribution in [1.29, 1.82) is 0 Å². The van der Waals surface area contributed by atoms with E-state index in [1.54, 1.807) is 0 Å². The Morgan fingerprint density at radius 2 is 1.91 bits per heavy atom. The van der Waals surface area contributed by atoms with Crippen molar-refractivity contribution in [3.8, 4) is 0 Å². The molecule has 0 N–H and O–H groups in total. The van der Waals surface area contributed by atoms with Gasteiger partial charge in [-0.25, -0.2) is 0 Å². The molecule has 0 amide bonds. The van der Waals surface area contributed by atoms with Crippen molar-refractivity contribution in [2.45, 2.75) is 13.8 Å². The number of hydrogen-bond acceptors (Lipinski definition) is 1. The molecule has 1 aromatic carbocycles. The van der Waals surface area contributed by atoms with E-state index in [4.69, 9.17) is 4.42 Å². The van der Waals surface area contributed by atoms with Crippen molar-refractivity contribution in [1.82, 2.24) is 0 Å². The Morgan fingerprint density at radius 3 is 2.64 bits per heavy atom. The van der Waals surface area contributed by atoms with Gasteiger partial charge in [0.05, 0.1) is 0 Å². The first-order chi connectivity index (χ1) is 5.29. The van der Waals surface area contributed by atoms with Gasteiger partial charge in [0.2, 0.25) is 0 Å². The van der Waals surface area contributed by atoms with Crippen LogP contribution < -0.4 is 0 Å². The summed E-state index contributed by atoms with van der Waals surface area (Å²) in [5, 5.41) is 1.17. The van der Waals surface area contributed by atoms with Crippen molar-refractivity contribution in [3.05, 3.63) is 35.6 Å². The van der Waals surface area contributed by atoms with E-state index in [0.717, 1.165) is 5.58 Å². The van der Waals surface area contributed by atoms with E-state index < -0.39 is 0 Å². The molecule has 55 valence electrons. The third-order valence-electron chi connectivity index (χ3n) is 1.98. The van der Waals surface area contributed by atoms with Crippen LogP contribution >= 0.6 is 0 Å². The summed E-state index contributed by atoms with van der Waals surface area (Å²) in [7, 11) is 0. The average Bonchev–Trinajstić information content (AvgIpc) is 2.45. The highest BCUT2D eigenvalue weighted by atomic mass is 16.3. The van der Waals surface area contributed by atoms with Gasteiger partial charge in [0.15, 0.2) is 6.26 Å². The number of aryl methyl sites for hydroxylation is 2. The molecule has 0 aliphatic rings. The van der Waals surface area contributed by atoms with E-state index in [1.165, 1.54) is 16.5 Å². The molecular formula is C10H9O. The molecule has 0 atom stereocenters. The fourth-order valence-corrected chi connectivity index (χ4v) is 1.27. The van der Waals surface area contributed by atoms with Gasteiger partial charge in [-0.3, -0.25) is 0 Å². The van der Waals surface area contributed by atoms with Gasteiger partial charge >= 0.3 is 0 Å². The number of furan rings is 1. The lowest BCUT2D eigenvalue weighted by molar-refractivity contribution is 0.603. The lowest BCUT2D eigenvalue weighted by atomic mass is 10.1. The third-order valence-corrected chi connectivity index (χ3v) is 1.98. The fourth-order valence-electron chi connectivity index (χ4n) is 1.27. The van der Waals surface area contributed by atoms with Crippen LogP contribution in [-0.4, -0.2) is 0 Å². The molecule has 1 aromatic heterocycles. The van der Waals surface area contributed by atoms with Crippen molar-refractivity contribution < 1.29 is 4.42 Å². The topological polar surface area (TPSA) is 13.1 Å². The predicted molar refractivity (Wildman–Crippen MR) is 44.5 cm³/mol. The standard InChI is InChI=1S/C10H9O/c1-7-3-4-8(2)10-9(7)5-6-11-10/h3-5H,1-2H3. The van der Waals surface area contributed by atoms with Crippen LogP contribution in [0.2, 0.25) is 0 Å². The Labute approximate surface area is 65.6 Å². The second-order valence-corrected chi connectivity index (χ2v) is 2.81. The molecule has 2 rings (SSSR count). The minimum absolute atomic E-state index is 0.963. The minimum atomic E-state index is 0.963. The molecule has 2 aromatic rings. The zero-order chi connectivity index (χ0) is 7.84. The first-order valence-corrected chi connectivity index (χ1v) is 3.65. The lowest BCUT2D eigenvalue weighted by Gasteiger charge is -1.96. The molecule has 0 fully saturated rings. The average molecular weight is 145 g/mol. The lowest BCUT2D eigenvalue weighted by Crippen LogP contribution is -1.76. The van der Waals surface area contributed by atoms with Crippen molar-refractivity contribution in [3.63, 3.8) is 0 Å². The Hall–Kier alpha value is -1.24. The molecule has 0 bridgehead atoms. The molecule has 0 spiro atoms. The quantitative estimate of drug-likeness (QED) is 0.555. The number of hydrogen-bond donors (Lipinski definition) is 0. The largest absolute Gasteiger partial charge is 0.452 e. The van der Waals surface area contributed by atoms with Crippen LogP contribution in [0.25, 0.3) is 11.0 Å². The van der Waals surface area contributed by atoms with Crippen LogP contribution in [0.15, 0.2) is 22.6 Å².